The maximum absolute atomic E-state index is 2.12. The summed E-state index contributed by atoms with van der Waals surface area (Å²) in [5.74, 6) is 0. The quantitative estimate of drug-likeness (QED) is 0.256. The summed E-state index contributed by atoms with van der Waals surface area (Å²) >= 11 is 0. The van der Waals surface area contributed by atoms with E-state index in [1.807, 2.05) is 72.8 Å². The third-order valence-corrected chi connectivity index (χ3v) is 4.13. The molecule has 0 nitrogen and oxygen atoms in total. The number of rotatable bonds is 4. The molecule has 0 bridgehead atoms. The van der Waals surface area contributed by atoms with Crippen molar-refractivity contribution in [1.82, 2.24) is 0 Å². The Balaban J connectivity index is 0.000000200. The summed E-state index contributed by atoms with van der Waals surface area (Å²) in [6.45, 7) is 0. The molecule has 0 aliphatic heterocycles. The molecule has 0 saturated heterocycles. The van der Waals surface area contributed by atoms with E-state index in [-0.39, 0.29) is 29.6 Å². The van der Waals surface area contributed by atoms with E-state index in [4.69, 9.17) is 0 Å². The van der Waals surface area contributed by atoms with Crippen LogP contribution in [0, 0.1) is 0 Å². The van der Waals surface area contributed by atoms with Gasteiger partial charge in [0.2, 0.25) is 0 Å². The molecule has 0 aliphatic carbocycles. The second-order valence-electron chi connectivity index (χ2n) is 6.31. The Morgan fingerprint density at radius 3 is 0.621 bits per heavy atom. The molecule has 0 unspecified atom stereocenters. The van der Waals surface area contributed by atoms with Gasteiger partial charge in [-0.1, -0.05) is 146 Å². The van der Waals surface area contributed by atoms with Crippen LogP contribution in [-0.2, 0) is 0 Å². The van der Waals surface area contributed by atoms with Crippen molar-refractivity contribution in [3.8, 4) is 0 Å². The van der Waals surface area contributed by atoms with Crippen LogP contribution in [0.15, 0.2) is 121 Å². The topological polar surface area (TPSA) is 0 Å². The van der Waals surface area contributed by atoms with Crippen LogP contribution in [0.4, 0.5) is 0 Å². The van der Waals surface area contributed by atoms with Crippen molar-refractivity contribution in [2.75, 3.05) is 0 Å². The van der Waals surface area contributed by atoms with E-state index in [1.54, 1.807) is 0 Å². The van der Waals surface area contributed by atoms with Gasteiger partial charge in [-0.3, -0.25) is 0 Å². The second-order valence-corrected chi connectivity index (χ2v) is 6.31. The fourth-order valence-electron chi connectivity index (χ4n) is 2.64. The van der Waals surface area contributed by atoms with Gasteiger partial charge in [0.25, 0.3) is 0 Å². The van der Waals surface area contributed by atoms with Gasteiger partial charge in [0, 0.05) is 29.6 Å². The molecular weight excluding hydrogens is 359 g/mol. The molecule has 1 heteroatoms. The number of hydrogen-bond donors (Lipinski definition) is 0. The molecule has 4 aromatic rings. The molecule has 0 N–H and O–H groups in total. The van der Waals surface area contributed by atoms with Crippen molar-refractivity contribution in [3.05, 3.63) is 144 Å². The van der Waals surface area contributed by atoms with E-state index in [1.165, 1.54) is 22.3 Å². The SMILES string of the molecule is C(=Cc1ccccc1)c1ccccc1.C(=Cc1ccccc1)c1ccccc1.[Na]. The maximum Gasteiger partial charge on any atom is 0 e. The molecule has 29 heavy (non-hydrogen) atoms. The van der Waals surface area contributed by atoms with E-state index in [0.29, 0.717) is 0 Å². The van der Waals surface area contributed by atoms with Crippen molar-refractivity contribution < 1.29 is 0 Å². The smallest absolute Gasteiger partial charge is 0 e. The van der Waals surface area contributed by atoms with Crippen LogP contribution >= 0.6 is 0 Å². The average molecular weight is 383 g/mol. The second kappa shape index (κ2) is 13.5. The zero-order valence-corrected chi connectivity index (χ0v) is 18.9. The molecule has 0 fully saturated rings. The molecule has 0 aliphatic rings. The Kier molecular flexibility index (Phi) is 10.6. The maximum atomic E-state index is 2.12. The Labute approximate surface area is 196 Å². The molecule has 0 heterocycles. The minimum absolute atomic E-state index is 0. The van der Waals surface area contributed by atoms with Crippen LogP contribution in [-0.4, -0.2) is 29.6 Å². The van der Waals surface area contributed by atoms with Gasteiger partial charge < -0.3 is 0 Å². The van der Waals surface area contributed by atoms with E-state index in [0.717, 1.165) is 0 Å². The van der Waals surface area contributed by atoms with Crippen LogP contribution < -0.4 is 0 Å². The fraction of sp³-hybridized carbons (Fsp3) is 0. The summed E-state index contributed by atoms with van der Waals surface area (Å²) in [4.78, 5) is 0. The largest absolute Gasteiger partial charge is 0.0622 e. The molecule has 4 rings (SSSR count). The van der Waals surface area contributed by atoms with Crippen LogP contribution in [0.1, 0.15) is 22.3 Å². The first-order valence-corrected chi connectivity index (χ1v) is 9.46. The Morgan fingerprint density at radius 2 is 0.448 bits per heavy atom. The Morgan fingerprint density at radius 1 is 0.276 bits per heavy atom. The molecule has 137 valence electrons. The summed E-state index contributed by atoms with van der Waals surface area (Å²) in [5.41, 5.74) is 4.93. The summed E-state index contributed by atoms with van der Waals surface area (Å²) in [5, 5.41) is 0. The van der Waals surface area contributed by atoms with Crippen molar-refractivity contribution in [3.63, 3.8) is 0 Å². The average Bonchev–Trinajstić information content (AvgIpc) is 2.80. The fourth-order valence-corrected chi connectivity index (χ4v) is 2.64. The monoisotopic (exact) mass is 383 g/mol. The molecule has 1 radical (unpaired) electrons. The van der Waals surface area contributed by atoms with Crippen LogP contribution in [0.5, 0.6) is 0 Å². The predicted octanol–water partition coefficient (Wildman–Crippen LogP) is 7.33. The standard InChI is InChI=1S/2C14H12.Na/c2*1-3-7-13(8-4-1)11-12-14-9-5-2-6-10-14;/h2*1-12H;. The summed E-state index contributed by atoms with van der Waals surface area (Å²) in [6, 6.07) is 41.3. The molecule has 0 spiro atoms. The van der Waals surface area contributed by atoms with Crippen LogP contribution in [0.2, 0.25) is 0 Å². The molecule has 4 aromatic carbocycles. The van der Waals surface area contributed by atoms with Gasteiger partial charge in [-0.2, -0.15) is 0 Å². The van der Waals surface area contributed by atoms with Gasteiger partial charge in [0.1, 0.15) is 0 Å². The van der Waals surface area contributed by atoms with E-state index in [2.05, 4.69) is 72.8 Å². The zero-order valence-electron chi connectivity index (χ0n) is 16.9. The van der Waals surface area contributed by atoms with Crippen molar-refractivity contribution in [2.24, 2.45) is 0 Å². The number of hydrogen-bond acceptors (Lipinski definition) is 0. The molecule has 0 aromatic heterocycles. The van der Waals surface area contributed by atoms with Gasteiger partial charge in [-0.25, -0.2) is 0 Å². The molecular formula is C28H24Na. The van der Waals surface area contributed by atoms with Crippen LogP contribution in [0.3, 0.4) is 0 Å². The summed E-state index contributed by atoms with van der Waals surface area (Å²) < 4.78 is 0. The zero-order chi connectivity index (χ0) is 19.3. The van der Waals surface area contributed by atoms with Gasteiger partial charge in [0.15, 0.2) is 0 Å². The molecule has 0 atom stereocenters. The van der Waals surface area contributed by atoms with Crippen molar-refractivity contribution >= 4 is 53.9 Å². The first-order chi connectivity index (χ1) is 13.9. The third-order valence-electron chi connectivity index (χ3n) is 4.13. The van der Waals surface area contributed by atoms with Crippen LogP contribution in [0.25, 0.3) is 24.3 Å². The number of benzene rings is 4. The van der Waals surface area contributed by atoms with Crippen molar-refractivity contribution in [1.29, 1.82) is 0 Å². The minimum Gasteiger partial charge on any atom is -0.0622 e. The first-order valence-electron chi connectivity index (χ1n) is 9.46. The normalized spacial score (nSPS) is 10.2. The van der Waals surface area contributed by atoms with E-state index in [9.17, 15) is 0 Å². The molecule has 0 saturated carbocycles. The third kappa shape index (κ3) is 8.93. The van der Waals surface area contributed by atoms with E-state index >= 15 is 0 Å². The first kappa shape index (κ1) is 22.6. The summed E-state index contributed by atoms with van der Waals surface area (Å²) in [6.07, 6.45) is 8.48. The molecule has 0 amide bonds. The minimum atomic E-state index is 0. The van der Waals surface area contributed by atoms with Gasteiger partial charge >= 0.3 is 0 Å². The van der Waals surface area contributed by atoms with Gasteiger partial charge in [-0.05, 0) is 22.3 Å². The summed E-state index contributed by atoms with van der Waals surface area (Å²) in [7, 11) is 0. The van der Waals surface area contributed by atoms with Gasteiger partial charge in [0.05, 0.1) is 0 Å². The van der Waals surface area contributed by atoms with E-state index < -0.39 is 0 Å². The Hall–Kier alpha value is -2.64. The predicted molar refractivity (Wildman–Crippen MR) is 129 cm³/mol. The van der Waals surface area contributed by atoms with Crippen molar-refractivity contribution in [2.45, 2.75) is 0 Å². The van der Waals surface area contributed by atoms with Gasteiger partial charge in [-0.15, -0.1) is 0 Å². The Bertz CT molecular complexity index is 805.